The van der Waals surface area contributed by atoms with Gasteiger partial charge in [-0.25, -0.2) is 8.42 Å². The standard InChI is InChI=1S/C13H23NO5S2/c1-13(2,3)19-12(16)6-5-10(15)14-7-8-20-9-11(14)21(4,17)18/h11H,5-9H2,1-4H3. The number of hydrogen-bond acceptors (Lipinski definition) is 6. The summed E-state index contributed by atoms with van der Waals surface area (Å²) in [7, 11) is -3.32. The van der Waals surface area contributed by atoms with Gasteiger partial charge in [0.1, 0.15) is 11.0 Å². The molecule has 0 spiro atoms. The van der Waals surface area contributed by atoms with Crippen molar-refractivity contribution in [1.29, 1.82) is 0 Å². The Hall–Kier alpha value is -0.760. The molecule has 6 nitrogen and oxygen atoms in total. The number of esters is 1. The van der Waals surface area contributed by atoms with Crippen LogP contribution in [0.4, 0.5) is 0 Å². The molecule has 0 saturated carbocycles. The van der Waals surface area contributed by atoms with Crippen molar-refractivity contribution >= 4 is 33.5 Å². The van der Waals surface area contributed by atoms with Gasteiger partial charge in [0, 0.05) is 30.7 Å². The van der Waals surface area contributed by atoms with Crippen LogP contribution in [0.25, 0.3) is 0 Å². The third-order valence-electron chi connectivity index (χ3n) is 2.86. The highest BCUT2D eigenvalue weighted by Gasteiger charge is 2.34. The van der Waals surface area contributed by atoms with Crippen molar-refractivity contribution in [3.8, 4) is 0 Å². The topological polar surface area (TPSA) is 80.8 Å². The summed E-state index contributed by atoms with van der Waals surface area (Å²) in [4.78, 5) is 25.1. The van der Waals surface area contributed by atoms with Gasteiger partial charge in [-0.15, -0.1) is 0 Å². The van der Waals surface area contributed by atoms with Crippen molar-refractivity contribution in [3.05, 3.63) is 0 Å². The molecule has 1 heterocycles. The smallest absolute Gasteiger partial charge is 0.306 e. The lowest BCUT2D eigenvalue weighted by Crippen LogP contribution is -2.50. The molecule has 8 heteroatoms. The molecule has 0 aromatic rings. The third-order valence-corrected chi connectivity index (χ3v) is 5.51. The lowest BCUT2D eigenvalue weighted by Gasteiger charge is -2.34. The predicted molar refractivity (Wildman–Crippen MR) is 82.7 cm³/mol. The molecule has 21 heavy (non-hydrogen) atoms. The molecule has 1 amide bonds. The summed E-state index contributed by atoms with van der Waals surface area (Å²) in [5, 5.41) is -0.789. The highest BCUT2D eigenvalue weighted by molar-refractivity contribution is 8.00. The van der Waals surface area contributed by atoms with Gasteiger partial charge < -0.3 is 9.64 Å². The molecule has 0 N–H and O–H groups in total. The van der Waals surface area contributed by atoms with E-state index in [1.807, 2.05) is 0 Å². The zero-order valence-electron chi connectivity index (χ0n) is 12.9. The quantitative estimate of drug-likeness (QED) is 0.714. The molecule has 1 unspecified atom stereocenters. The minimum absolute atomic E-state index is 0.0222. The summed E-state index contributed by atoms with van der Waals surface area (Å²) in [5.41, 5.74) is -0.586. The van der Waals surface area contributed by atoms with Gasteiger partial charge in [-0.05, 0) is 20.8 Å². The maximum Gasteiger partial charge on any atom is 0.306 e. The van der Waals surface area contributed by atoms with Crippen LogP contribution >= 0.6 is 11.8 Å². The van der Waals surface area contributed by atoms with Crippen LogP contribution in [0.15, 0.2) is 0 Å². The normalized spacial score (nSPS) is 20.2. The number of carbonyl (C=O) groups is 2. The van der Waals surface area contributed by atoms with E-state index in [1.54, 1.807) is 20.8 Å². The number of nitrogens with zero attached hydrogens (tertiary/aromatic N) is 1. The second-order valence-electron chi connectivity index (χ2n) is 6.03. The van der Waals surface area contributed by atoms with Gasteiger partial charge in [-0.1, -0.05) is 0 Å². The fraction of sp³-hybridized carbons (Fsp3) is 0.846. The van der Waals surface area contributed by atoms with Crippen LogP contribution < -0.4 is 0 Å². The molecular weight excluding hydrogens is 314 g/mol. The molecule has 1 saturated heterocycles. The fourth-order valence-corrected chi connectivity index (χ4v) is 4.80. The van der Waals surface area contributed by atoms with E-state index in [9.17, 15) is 18.0 Å². The van der Waals surface area contributed by atoms with Crippen molar-refractivity contribution in [2.24, 2.45) is 0 Å². The van der Waals surface area contributed by atoms with Gasteiger partial charge >= 0.3 is 5.97 Å². The molecule has 0 aromatic heterocycles. The molecule has 0 bridgehead atoms. The summed E-state index contributed by atoms with van der Waals surface area (Å²) in [5.74, 6) is 0.344. The Balaban J connectivity index is 2.59. The van der Waals surface area contributed by atoms with Gasteiger partial charge in [0.25, 0.3) is 0 Å². The summed E-state index contributed by atoms with van der Waals surface area (Å²) >= 11 is 1.52. The molecule has 1 aliphatic rings. The predicted octanol–water partition coefficient (Wildman–Crippen LogP) is 1.05. The van der Waals surface area contributed by atoms with E-state index in [-0.39, 0.29) is 18.7 Å². The maximum absolute atomic E-state index is 12.2. The Labute approximate surface area is 130 Å². The molecule has 1 fully saturated rings. The van der Waals surface area contributed by atoms with E-state index < -0.39 is 26.8 Å². The summed E-state index contributed by atoms with van der Waals surface area (Å²) in [6.45, 7) is 5.67. The van der Waals surface area contributed by atoms with Crippen LogP contribution in [-0.4, -0.2) is 60.5 Å². The largest absolute Gasteiger partial charge is 0.460 e. The first-order valence-electron chi connectivity index (χ1n) is 6.78. The zero-order chi connectivity index (χ0) is 16.3. The zero-order valence-corrected chi connectivity index (χ0v) is 14.6. The molecule has 0 aromatic carbocycles. The summed E-state index contributed by atoms with van der Waals surface area (Å²) in [6.07, 6.45) is 1.08. The number of rotatable bonds is 4. The number of sulfone groups is 1. The van der Waals surface area contributed by atoms with Crippen LogP contribution in [0, 0.1) is 0 Å². The highest BCUT2D eigenvalue weighted by Crippen LogP contribution is 2.21. The SMILES string of the molecule is CC(C)(C)OC(=O)CCC(=O)N1CCSCC1S(C)(=O)=O. The number of carbonyl (C=O) groups excluding carboxylic acids is 2. The van der Waals surface area contributed by atoms with Crippen LogP contribution in [0.1, 0.15) is 33.6 Å². The van der Waals surface area contributed by atoms with E-state index >= 15 is 0 Å². The number of amides is 1. The maximum atomic E-state index is 12.2. The van der Waals surface area contributed by atoms with Crippen molar-refractivity contribution in [3.63, 3.8) is 0 Å². The number of hydrogen-bond donors (Lipinski definition) is 0. The van der Waals surface area contributed by atoms with E-state index in [0.29, 0.717) is 18.1 Å². The Morgan fingerprint density at radius 1 is 1.29 bits per heavy atom. The van der Waals surface area contributed by atoms with Gasteiger partial charge in [-0.3, -0.25) is 9.59 Å². The summed E-state index contributed by atoms with van der Waals surface area (Å²) < 4.78 is 28.6. The van der Waals surface area contributed by atoms with Crippen molar-refractivity contribution in [2.75, 3.05) is 24.3 Å². The van der Waals surface area contributed by atoms with Gasteiger partial charge in [0.05, 0.1) is 6.42 Å². The first-order chi connectivity index (χ1) is 9.50. The average molecular weight is 337 g/mol. The van der Waals surface area contributed by atoms with Crippen LogP contribution in [0.5, 0.6) is 0 Å². The van der Waals surface area contributed by atoms with E-state index in [1.165, 1.54) is 16.7 Å². The van der Waals surface area contributed by atoms with Crippen LogP contribution in [0.2, 0.25) is 0 Å². The van der Waals surface area contributed by atoms with Crippen LogP contribution in [-0.2, 0) is 24.2 Å². The van der Waals surface area contributed by atoms with Crippen LogP contribution in [0.3, 0.4) is 0 Å². The number of thioether (sulfide) groups is 1. The monoisotopic (exact) mass is 337 g/mol. The molecule has 122 valence electrons. The van der Waals surface area contributed by atoms with Crippen molar-refractivity contribution in [2.45, 2.75) is 44.6 Å². The molecule has 1 rings (SSSR count). The lowest BCUT2D eigenvalue weighted by atomic mass is 10.2. The molecule has 1 aliphatic heterocycles. The second-order valence-corrected chi connectivity index (χ2v) is 9.39. The average Bonchev–Trinajstić information content (AvgIpc) is 2.33. The molecule has 0 radical (unpaired) electrons. The minimum Gasteiger partial charge on any atom is -0.460 e. The molecular formula is C13H23NO5S2. The summed E-state index contributed by atoms with van der Waals surface area (Å²) in [6, 6.07) is 0. The fourth-order valence-electron chi connectivity index (χ4n) is 1.97. The highest BCUT2D eigenvalue weighted by atomic mass is 32.2. The molecule has 1 atom stereocenters. The number of ether oxygens (including phenoxy) is 1. The van der Waals surface area contributed by atoms with Gasteiger partial charge in [-0.2, -0.15) is 11.8 Å². The molecule has 0 aliphatic carbocycles. The van der Waals surface area contributed by atoms with Crippen molar-refractivity contribution < 1.29 is 22.7 Å². The first-order valence-corrected chi connectivity index (χ1v) is 9.89. The van der Waals surface area contributed by atoms with E-state index in [4.69, 9.17) is 4.74 Å². The van der Waals surface area contributed by atoms with Gasteiger partial charge in [0.15, 0.2) is 9.84 Å². The first kappa shape index (κ1) is 18.3. The second kappa shape index (κ2) is 7.00. The lowest BCUT2D eigenvalue weighted by molar-refractivity contribution is -0.156. The Morgan fingerprint density at radius 3 is 2.43 bits per heavy atom. The van der Waals surface area contributed by atoms with E-state index in [0.717, 1.165) is 6.26 Å². The minimum atomic E-state index is -3.32. The Morgan fingerprint density at radius 2 is 1.90 bits per heavy atom. The van der Waals surface area contributed by atoms with E-state index in [2.05, 4.69) is 0 Å². The Bertz CT molecular complexity index is 495. The Kier molecular flexibility index (Phi) is 6.10. The third kappa shape index (κ3) is 6.25. The van der Waals surface area contributed by atoms with Gasteiger partial charge in [0.2, 0.25) is 5.91 Å². The van der Waals surface area contributed by atoms with Crippen molar-refractivity contribution in [1.82, 2.24) is 4.90 Å².